The number of ether oxygens (including phenoxy) is 1. The second-order valence-electron chi connectivity index (χ2n) is 4.00. The van der Waals surface area contributed by atoms with Gasteiger partial charge in [-0.05, 0) is 13.8 Å². The number of nitrogens with zero attached hydrogens (tertiary/aromatic N) is 2. The van der Waals surface area contributed by atoms with Gasteiger partial charge in [0.15, 0.2) is 5.03 Å². The van der Waals surface area contributed by atoms with E-state index >= 15 is 0 Å². The lowest BCUT2D eigenvalue weighted by Gasteiger charge is -2.33. The first-order valence-corrected chi connectivity index (χ1v) is 6.58. The molecular weight excluding hydrogens is 230 g/mol. The standard InChI is InChI=1S/C9H15N3O3S/c1-7-4-12(5-8(2)15-7)16(13,14)9-3-10-6-11-9/h3,6-8H,4-5H2,1-2H3,(H,10,11). The van der Waals surface area contributed by atoms with Crippen LogP contribution in [0.3, 0.4) is 0 Å². The van der Waals surface area contributed by atoms with Crippen molar-refractivity contribution < 1.29 is 13.2 Å². The van der Waals surface area contributed by atoms with Crippen LogP contribution in [0, 0.1) is 0 Å². The van der Waals surface area contributed by atoms with Crippen molar-refractivity contribution in [1.29, 1.82) is 0 Å². The highest BCUT2D eigenvalue weighted by molar-refractivity contribution is 7.89. The van der Waals surface area contributed by atoms with Crippen molar-refractivity contribution in [3.05, 3.63) is 12.5 Å². The van der Waals surface area contributed by atoms with Gasteiger partial charge in [0.25, 0.3) is 10.0 Å². The third kappa shape index (κ3) is 2.11. The van der Waals surface area contributed by atoms with Gasteiger partial charge in [-0.15, -0.1) is 0 Å². The van der Waals surface area contributed by atoms with E-state index in [0.717, 1.165) is 0 Å². The van der Waals surface area contributed by atoms with Crippen molar-refractivity contribution in [3.8, 4) is 0 Å². The minimum absolute atomic E-state index is 0.0820. The molecule has 0 aliphatic carbocycles. The summed E-state index contributed by atoms with van der Waals surface area (Å²) in [6, 6.07) is 0. The van der Waals surface area contributed by atoms with E-state index in [4.69, 9.17) is 4.74 Å². The molecule has 0 aromatic carbocycles. The molecule has 90 valence electrons. The Morgan fingerprint density at radius 1 is 1.44 bits per heavy atom. The summed E-state index contributed by atoms with van der Waals surface area (Å²) in [4.78, 5) is 6.35. The number of H-pyrrole nitrogens is 1. The minimum atomic E-state index is -3.45. The number of aromatic amines is 1. The lowest BCUT2D eigenvalue weighted by Crippen LogP contribution is -2.48. The molecule has 0 bridgehead atoms. The topological polar surface area (TPSA) is 75.3 Å². The zero-order valence-corrected chi connectivity index (χ0v) is 10.1. The first kappa shape index (κ1) is 11.6. The summed E-state index contributed by atoms with van der Waals surface area (Å²) < 4.78 is 31.2. The second-order valence-corrected chi connectivity index (χ2v) is 5.90. The molecule has 1 N–H and O–H groups in total. The summed E-state index contributed by atoms with van der Waals surface area (Å²) in [6.07, 6.45) is 2.52. The smallest absolute Gasteiger partial charge is 0.260 e. The predicted molar refractivity (Wildman–Crippen MR) is 57.4 cm³/mol. The monoisotopic (exact) mass is 245 g/mol. The number of hydrogen-bond donors (Lipinski definition) is 1. The van der Waals surface area contributed by atoms with Gasteiger partial charge in [-0.2, -0.15) is 4.31 Å². The summed E-state index contributed by atoms with van der Waals surface area (Å²) in [7, 11) is -3.45. The molecule has 7 heteroatoms. The molecule has 1 saturated heterocycles. The molecule has 2 unspecified atom stereocenters. The van der Waals surface area contributed by atoms with Crippen LogP contribution >= 0.6 is 0 Å². The Morgan fingerprint density at radius 3 is 2.56 bits per heavy atom. The molecule has 0 spiro atoms. The van der Waals surface area contributed by atoms with Gasteiger partial charge in [-0.1, -0.05) is 0 Å². The maximum atomic E-state index is 12.1. The van der Waals surface area contributed by atoms with Gasteiger partial charge < -0.3 is 9.72 Å². The minimum Gasteiger partial charge on any atom is -0.373 e. The molecule has 2 rings (SSSR count). The molecule has 6 nitrogen and oxygen atoms in total. The van der Waals surface area contributed by atoms with Crippen molar-refractivity contribution in [3.63, 3.8) is 0 Å². The molecule has 2 atom stereocenters. The van der Waals surface area contributed by atoms with E-state index < -0.39 is 10.0 Å². The van der Waals surface area contributed by atoms with E-state index in [-0.39, 0.29) is 17.2 Å². The Balaban J connectivity index is 2.24. The van der Waals surface area contributed by atoms with E-state index in [0.29, 0.717) is 13.1 Å². The van der Waals surface area contributed by atoms with Crippen LogP contribution in [0.1, 0.15) is 13.8 Å². The van der Waals surface area contributed by atoms with Gasteiger partial charge in [-0.3, -0.25) is 0 Å². The van der Waals surface area contributed by atoms with E-state index in [1.807, 2.05) is 13.8 Å². The van der Waals surface area contributed by atoms with Gasteiger partial charge in [0.05, 0.1) is 24.7 Å². The van der Waals surface area contributed by atoms with Crippen LogP contribution in [0.2, 0.25) is 0 Å². The van der Waals surface area contributed by atoms with E-state index in [1.54, 1.807) is 0 Å². The Bertz CT molecular complexity index is 433. The number of hydrogen-bond acceptors (Lipinski definition) is 4. The Morgan fingerprint density at radius 2 is 2.06 bits per heavy atom. The number of nitrogens with one attached hydrogen (secondary N) is 1. The lowest BCUT2D eigenvalue weighted by molar-refractivity contribution is -0.0441. The molecule has 2 heterocycles. The third-order valence-electron chi connectivity index (χ3n) is 2.48. The number of rotatable bonds is 2. The van der Waals surface area contributed by atoms with Crippen LogP contribution in [-0.2, 0) is 14.8 Å². The largest absolute Gasteiger partial charge is 0.373 e. The van der Waals surface area contributed by atoms with Gasteiger partial charge in [-0.25, -0.2) is 13.4 Å². The first-order valence-electron chi connectivity index (χ1n) is 5.14. The van der Waals surface area contributed by atoms with E-state index in [2.05, 4.69) is 9.97 Å². The fraction of sp³-hybridized carbons (Fsp3) is 0.667. The quantitative estimate of drug-likeness (QED) is 0.808. The Hall–Kier alpha value is -0.920. The van der Waals surface area contributed by atoms with Gasteiger partial charge in [0, 0.05) is 13.1 Å². The van der Waals surface area contributed by atoms with Crippen molar-refractivity contribution in [1.82, 2.24) is 14.3 Å². The van der Waals surface area contributed by atoms with Crippen molar-refractivity contribution >= 4 is 10.0 Å². The van der Waals surface area contributed by atoms with Crippen molar-refractivity contribution in [2.24, 2.45) is 0 Å². The number of sulfonamides is 1. The summed E-state index contributed by atoms with van der Waals surface area (Å²) >= 11 is 0. The van der Waals surface area contributed by atoms with E-state index in [9.17, 15) is 8.42 Å². The van der Waals surface area contributed by atoms with Crippen molar-refractivity contribution in [2.45, 2.75) is 31.1 Å². The highest BCUT2D eigenvalue weighted by Crippen LogP contribution is 2.18. The van der Waals surface area contributed by atoms with Crippen LogP contribution < -0.4 is 0 Å². The lowest BCUT2D eigenvalue weighted by atomic mass is 10.3. The summed E-state index contributed by atoms with van der Waals surface area (Å²) in [5.41, 5.74) is 0. The number of imidazole rings is 1. The maximum absolute atomic E-state index is 12.1. The normalized spacial score (nSPS) is 28.1. The Kier molecular flexibility index (Phi) is 3.00. The average Bonchev–Trinajstić information content (AvgIpc) is 2.69. The van der Waals surface area contributed by atoms with Crippen LogP contribution in [0.4, 0.5) is 0 Å². The molecule has 0 saturated carbocycles. The van der Waals surface area contributed by atoms with Gasteiger partial charge in [0.2, 0.25) is 0 Å². The molecule has 0 radical (unpaired) electrons. The first-order chi connectivity index (χ1) is 7.50. The number of morpholine rings is 1. The molecule has 1 fully saturated rings. The molecule has 1 aromatic rings. The zero-order valence-electron chi connectivity index (χ0n) is 9.25. The fourth-order valence-corrected chi connectivity index (χ4v) is 3.34. The summed E-state index contributed by atoms with van der Waals surface area (Å²) in [5, 5.41) is 0.133. The zero-order chi connectivity index (χ0) is 11.8. The van der Waals surface area contributed by atoms with Crippen LogP contribution in [-0.4, -0.2) is 48.0 Å². The van der Waals surface area contributed by atoms with Crippen LogP contribution in [0.25, 0.3) is 0 Å². The predicted octanol–water partition coefficient (Wildman–Crippen LogP) is 0.208. The SMILES string of the molecule is CC1CN(S(=O)(=O)c2cnc[nH]2)CC(C)O1. The van der Waals surface area contributed by atoms with Crippen molar-refractivity contribution in [2.75, 3.05) is 13.1 Å². The van der Waals surface area contributed by atoms with Crippen LogP contribution in [0.15, 0.2) is 17.6 Å². The molecular formula is C9H15N3O3S. The average molecular weight is 245 g/mol. The molecule has 0 amide bonds. The molecule has 1 aliphatic rings. The van der Waals surface area contributed by atoms with Gasteiger partial charge >= 0.3 is 0 Å². The summed E-state index contributed by atoms with van der Waals surface area (Å²) in [5.74, 6) is 0. The van der Waals surface area contributed by atoms with Gasteiger partial charge in [0.1, 0.15) is 0 Å². The fourth-order valence-electron chi connectivity index (χ4n) is 1.85. The molecule has 16 heavy (non-hydrogen) atoms. The third-order valence-corrected chi connectivity index (χ3v) is 4.23. The second kappa shape index (κ2) is 4.15. The highest BCUT2D eigenvalue weighted by atomic mass is 32.2. The Labute approximate surface area is 94.7 Å². The summed E-state index contributed by atoms with van der Waals surface area (Å²) in [6.45, 7) is 4.49. The highest BCUT2D eigenvalue weighted by Gasteiger charge is 2.32. The maximum Gasteiger partial charge on any atom is 0.260 e. The molecule has 1 aromatic heterocycles. The molecule has 1 aliphatic heterocycles. The van der Waals surface area contributed by atoms with Crippen LogP contribution in [0.5, 0.6) is 0 Å². The number of aromatic nitrogens is 2. The van der Waals surface area contributed by atoms with E-state index in [1.165, 1.54) is 16.8 Å².